The summed E-state index contributed by atoms with van der Waals surface area (Å²) in [6.45, 7) is 0.500. The van der Waals surface area contributed by atoms with Crippen molar-refractivity contribution in [3.05, 3.63) is 68.7 Å². The maximum Gasteiger partial charge on any atom is 0.261 e. The van der Waals surface area contributed by atoms with Crippen molar-refractivity contribution in [2.75, 3.05) is 13.7 Å². The average molecular weight is 434 g/mol. The van der Waals surface area contributed by atoms with Crippen molar-refractivity contribution in [2.45, 2.75) is 12.8 Å². The summed E-state index contributed by atoms with van der Waals surface area (Å²) in [5.74, 6) is 0.108. The van der Waals surface area contributed by atoms with Gasteiger partial charge in [0.1, 0.15) is 11.6 Å². The van der Waals surface area contributed by atoms with Gasteiger partial charge in [0.2, 0.25) is 0 Å². The third-order valence-corrected chi connectivity index (χ3v) is 4.54. The molecule has 0 bridgehead atoms. The predicted molar refractivity (Wildman–Crippen MR) is 107 cm³/mol. The number of halogens is 2. The summed E-state index contributed by atoms with van der Waals surface area (Å²) in [7, 11) is 1.52. The second kappa shape index (κ2) is 10.0. The van der Waals surface area contributed by atoms with Crippen molar-refractivity contribution in [1.82, 2.24) is 5.32 Å². The van der Waals surface area contributed by atoms with Crippen LogP contribution in [0.2, 0.25) is 5.02 Å². The van der Waals surface area contributed by atoms with Gasteiger partial charge in [0, 0.05) is 6.54 Å². The van der Waals surface area contributed by atoms with Crippen molar-refractivity contribution >= 4 is 39.5 Å². The van der Waals surface area contributed by atoms with Gasteiger partial charge in [0.15, 0.2) is 5.75 Å². The molecule has 0 heterocycles. The lowest BCUT2D eigenvalue weighted by Gasteiger charge is -2.08. The quantitative estimate of drug-likeness (QED) is 0.389. The van der Waals surface area contributed by atoms with E-state index in [1.54, 1.807) is 12.1 Å². The first-order valence-corrected chi connectivity index (χ1v) is 9.19. The maximum atomic E-state index is 12.2. The van der Waals surface area contributed by atoms with E-state index < -0.39 is 5.91 Å². The number of nitrogens with zero attached hydrogens (tertiary/aromatic N) is 1. The van der Waals surface area contributed by atoms with Gasteiger partial charge in [-0.25, -0.2) is 0 Å². The number of nitriles is 1. The second-order valence-electron chi connectivity index (χ2n) is 5.53. The molecule has 0 aliphatic rings. The molecule has 1 amide bonds. The van der Waals surface area contributed by atoms with E-state index in [9.17, 15) is 10.1 Å². The van der Waals surface area contributed by atoms with E-state index in [1.807, 2.05) is 36.4 Å². The molecule has 0 spiro atoms. The molecule has 0 unspecified atom stereocenters. The van der Waals surface area contributed by atoms with Gasteiger partial charge in [-0.2, -0.15) is 5.26 Å². The molecule has 0 radical (unpaired) electrons. The number of methoxy groups -OCH3 is 1. The lowest BCUT2D eigenvalue weighted by molar-refractivity contribution is -0.117. The van der Waals surface area contributed by atoms with E-state index in [2.05, 4.69) is 21.2 Å². The largest absolute Gasteiger partial charge is 0.494 e. The molecular weight excluding hydrogens is 416 g/mol. The summed E-state index contributed by atoms with van der Waals surface area (Å²) in [4.78, 5) is 12.2. The summed E-state index contributed by atoms with van der Waals surface area (Å²) in [6.07, 6.45) is 3.17. The number of nitrogens with one attached hydrogen (secondary N) is 1. The number of amides is 1. The van der Waals surface area contributed by atoms with Gasteiger partial charge in [0.25, 0.3) is 5.91 Å². The van der Waals surface area contributed by atoms with Crippen LogP contribution in [0.15, 0.2) is 52.5 Å². The first-order chi connectivity index (χ1) is 12.5. The Bertz CT molecular complexity index is 822. The molecular formula is C20H18BrClN2O2. The molecule has 6 heteroatoms. The summed E-state index contributed by atoms with van der Waals surface area (Å²) >= 11 is 9.49. The zero-order valence-electron chi connectivity index (χ0n) is 14.3. The van der Waals surface area contributed by atoms with Gasteiger partial charge in [-0.05, 0) is 58.1 Å². The van der Waals surface area contributed by atoms with Gasteiger partial charge in [-0.1, -0.05) is 41.9 Å². The van der Waals surface area contributed by atoms with Crippen molar-refractivity contribution in [3.63, 3.8) is 0 Å². The molecule has 0 aliphatic heterocycles. The fourth-order valence-corrected chi connectivity index (χ4v) is 3.47. The Morgan fingerprint density at radius 1 is 1.35 bits per heavy atom. The molecule has 2 aromatic rings. The Kier molecular flexibility index (Phi) is 7.71. The molecule has 0 saturated carbocycles. The fourth-order valence-electron chi connectivity index (χ4n) is 2.41. The van der Waals surface area contributed by atoms with Crippen LogP contribution in [0, 0.1) is 11.3 Å². The Hall–Kier alpha value is -2.29. The van der Waals surface area contributed by atoms with Crippen LogP contribution in [0.5, 0.6) is 5.75 Å². The highest BCUT2D eigenvalue weighted by atomic mass is 79.9. The standard InChI is InChI=1S/C20H18BrClN2O2/c1-26-19-17(21)11-15(12-18(19)22)10-16(13-23)20(25)24-9-5-8-14-6-3-2-4-7-14/h2-4,6-7,10-12H,5,8-9H2,1H3,(H,24,25)/b16-10-. The van der Waals surface area contributed by atoms with Gasteiger partial charge < -0.3 is 10.1 Å². The van der Waals surface area contributed by atoms with Crippen LogP contribution in [-0.2, 0) is 11.2 Å². The number of hydrogen-bond donors (Lipinski definition) is 1. The minimum atomic E-state index is -0.399. The molecule has 0 aliphatic carbocycles. The fraction of sp³-hybridized carbons (Fsp3) is 0.200. The molecule has 4 nitrogen and oxygen atoms in total. The lowest BCUT2D eigenvalue weighted by atomic mass is 10.1. The number of benzene rings is 2. The first-order valence-electron chi connectivity index (χ1n) is 8.02. The molecule has 2 rings (SSSR count). The molecule has 0 saturated heterocycles. The van der Waals surface area contributed by atoms with Gasteiger partial charge >= 0.3 is 0 Å². The Morgan fingerprint density at radius 3 is 2.69 bits per heavy atom. The zero-order valence-corrected chi connectivity index (χ0v) is 16.6. The first kappa shape index (κ1) is 20.0. The number of aryl methyl sites for hydroxylation is 1. The van der Waals surface area contributed by atoms with Gasteiger partial charge in [0.05, 0.1) is 16.6 Å². The molecule has 0 atom stereocenters. The topological polar surface area (TPSA) is 62.1 Å². The molecule has 1 N–H and O–H groups in total. The summed E-state index contributed by atoms with van der Waals surface area (Å²) in [6, 6.07) is 15.4. The van der Waals surface area contributed by atoms with E-state index in [-0.39, 0.29) is 5.57 Å². The Balaban J connectivity index is 1.98. The molecule has 2 aromatic carbocycles. The van der Waals surface area contributed by atoms with E-state index >= 15 is 0 Å². The molecule has 0 fully saturated rings. The normalized spacial score (nSPS) is 10.9. The number of rotatable bonds is 7. The lowest BCUT2D eigenvalue weighted by Crippen LogP contribution is -2.25. The van der Waals surface area contributed by atoms with E-state index in [4.69, 9.17) is 16.3 Å². The van der Waals surface area contributed by atoms with Crippen LogP contribution in [0.1, 0.15) is 17.5 Å². The number of carbonyl (C=O) groups is 1. The van der Waals surface area contributed by atoms with Crippen molar-refractivity contribution in [1.29, 1.82) is 5.26 Å². The summed E-state index contributed by atoms with van der Waals surface area (Å²) in [5.41, 5.74) is 1.88. The second-order valence-corrected chi connectivity index (χ2v) is 6.79. The van der Waals surface area contributed by atoms with Gasteiger partial charge in [-0.15, -0.1) is 0 Å². The van der Waals surface area contributed by atoms with E-state index in [1.165, 1.54) is 18.7 Å². The highest BCUT2D eigenvalue weighted by Crippen LogP contribution is 2.34. The molecule has 0 aromatic heterocycles. The molecule has 26 heavy (non-hydrogen) atoms. The van der Waals surface area contributed by atoms with E-state index in [0.717, 1.165) is 12.8 Å². The van der Waals surface area contributed by atoms with Crippen LogP contribution in [-0.4, -0.2) is 19.6 Å². The van der Waals surface area contributed by atoms with Crippen LogP contribution >= 0.6 is 27.5 Å². The SMILES string of the molecule is COc1c(Cl)cc(/C=C(/C#N)C(=O)NCCCc2ccccc2)cc1Br. The van der Waals surface area contributed by atoms with Crippen molar-refractivity contribution in [3.8, 4) is 11.8 Å². The van der Waals surface area contributed by atoms with Crippen LogP contribution in [0.25, 0.3) is 6.08 Å². The van der Waals surface area contributed by atoms with Gasteiger partial charge in [-0.3, -0.25) is 4.79 Å². The molecule has 134 valence electrons. The number of carbonyl (C=O) groups excluding carboxylic acids is 1. The van der Waals surface area contributed by atoms with Crippen LogP contribution in [0.3, 0.4) is 0 Å². The Labute approximate surface area is 166 Å². The highest BCUT2D eigenvalue weighted by Gasteiger charge is 2.11. The Morgan fingerprint density at radius 2 is 2.08 bits per heavy atom. The summed E-state index contributed by atoms with van der Waals surface area (Å²) < 4.78 is 5.82. The number of hydrogen-bond acceptors (Lipinski definition) is 3. The maximum absolute atomic E-state index is 12.2. The highest BCUT2D eigenvalue weighted by molar-refractivity contribution is 9.10. The minimum absolute atomic E-state index is 0.0258. The summed E-state index contributed by atoms with van der Waals surface area (Å²) in [5, 5.41) is 12.5. The van der Waals surface area contributed by atoms with Crippen molar-refractivity contribution in [2.24, 2.45) is 0 Å². The zero-order chi connectivity index (χ0) is 18.9. The minimum Gasteiger partial charge on any atom is -0.494 e. The predicted octanol–water partition coefficient (Wildman–Crippen LogP) is 4.77. The monoisotopic (exact) mass is 432 g/mol. The van der Waals surface area contributed by atoms with E-state index in [0.29, 0.717) is 27.4 Å². The van der Waals surface area contributed by atoms with Crippen LogP contribution < -0.4 is 10.1 Å². The number of ether oxygens (including phenoxy) is 1. The van der Waals surface area contributed by atoms with Crippen molar-refractivity contribution < 1.29 is 9.53 Å². The third kappa shape index (κ3) is 5.62. The third-order valence-electron chi connectivity index (χ3n) is 3.67. The van der Waals surface area contributed by atoms with Crippen LogP contribution in [0.4, 0.5) is 0 Å². The average Bonchev–Trinajstić information content (AvgIpc) is 2.63. The smallest absolute Gasteiger partial charge is 0.261 e.